The molecule has 0 saturated carbocycles. The van der Waals surface area contributed by atoms with Gasteiger partial charge in [0.2, 0.25) is 0 Å². The highest BCUT2D eigenvalue weighted by molar-refractivity contribution is 7.12. The molecule has 24 heavy (non-hydrogen) atoms. The summed E-state index contributed by atoms with van der Waals surface area (Å²) in [6, 6.07) is 8.61. The van der Waals surface area contributed by atoms with E-state index in [4.69, 9.17) is 9.47 Å². The molecule has 0 saturated heterocycles. The Hall–Kier alpha value is -2.54. The molecule has 2 amide bonds. The monoisotopic (exact) mass is 348 g/mol. The first-order valence-electron chi connectivity index (χ1n) is 7.47. The van der Waals surface area contributed by atoms with Gasteiger partial charge < -0.3 is 20.1 Å². The van der Waals surface area contributed by atoms with E-state index in [1.54, 1.807) is 24.3 Å². The van der Waals surface area contributed by atoms with Crippen LogP contribution in [0.5, 0.6) is 11.5 Å². The lowest BCUT2D eigenvalue weighted by molar-refractivity contribution is 0.0952. The molecule has 7 heteroatoms. The summed E-state index contributed by atoms with van der Waals surface area (Å²) in [6.07, 6.45) is 0.643. The third-order valence-corrected chi connectivity index (χ3v) is 4.15. The van der Waals surface area contributed by atoms with Gasteiger partial charge in [-0.1, -0.05) is 6.07 Å². The Bertz CT molecular complexity index is 664. The van der Waals surface area contributed by atoms with Crippen LogP contribution in [0.15, 0.2) is 35.7 Å². The zero-order valence-electron chi connectivity index (χ0n) is 13.6. The molecule has 2 aromatic rings. The van der Waals surface area contributed by atoms with E-state index in [0.717, 1.165) is 0 Å². The van der Waals surface area contributed by atoms with Crippen molar-refractivity contribution in [3.05, 3.63) is 46.2 Å². The average Bonchev–Trinajstić information content (AvgIpc) is 3.15. The molecular weight excluding hydrogens is 328 g/mol. The number of carbonyl (C=O) groups is 2. The van der Waals surface area contributed by atoms with Crippen LogP contribution in [0, 0.1) is 0 Å². The van der Waals surface area contributed by atoms with Crippen LogP contribution >= 0.6 is 11.3 Å². The van der Waals surface area contributed by atoms with Gasteiger partial charge in [-0.05, 0) is 30.0 Å². The number of thiophene rings is 1. The van der Waals surface area contributed by atoms with Crippen LogP contribution in [0.4, 0.5) is 0 Å². The lowest BCUT2D eigenvalue weighted by atomic mass is 10.2. The molecule has 1 heterocycles. The molecule has 6 nitrogen and oxygen atoms in total. The van der Waals surface area contributed by atoms with Crippen molar-refractivity contribution in [1.82, 2.24) is 10.6 Å². The van der Waals surface area contributed by atoms with Gasteiger partial charge in [-0.3, -0.25) is 9.59 Å². The number of hydrogen-bond donors (Lipinski definition) is 2. The van der Waals surface area contributed by atoms with Crippen LogP contribution in [0.1, 0.15) is 26.5 Å². The third-order valence-electron chi connectivity index (χ3n) is 3.28. The summed E-state index contributed by atoms with van der Waals surface area (Å²) >= 11 is 1.40. The molecule has 0 aliphatic heterocycles. The summed E-state index contributed by atoms with van der Waals surface area (Å²) in [5.74, 6) is 0.816. The average molecular weight is 348 g/mol. The fourth-order valence-corrected chi connectivity index (χ4v) is 2.67. The molecule has 0 aliphatic carbocycles. The van der Waals surface area contributed by atoms with Crippen molar-refractivity contribution in [1.29, 1.82) is 0 Å². The maximum Gasteiger partial charge on any atom is 0.261 e. The van der Waals surface area contributed by atoms with Gasteiger partial charge >= 0.3 is 0 Å². The van der Waals surface area contributed by atoms with Gasteiger partial charge in [0.25, 0.3) is 11.8 Å². The summed E-state index contributed by atoms with van der Waals surface area (Å²) < 4.78 is 10.3. The van der Waals surface area contributed by atoms with Crippen molar-refractivity contribution in [2.45, 2.75) is 6.42 Å². The lowest BCUT2D eigenvalue weighted by Gasteiger charge is -2.09. The van der Waals surface area contributed by atoms with Crippen LogP contribution in [-0.4, -0.2) is 39.1 Å². The van der Waals surface area contributed by atoms with E-state index in [1.807, 2.05) is 11.4 Å². The van der Waals surface area contributed by atoms with Gasteiger partial charge in [0, 0.05) is 24.7 Å². The zero-order valence-corrected chi connectivity index (χ0v) is 14.4. The topological polar surface area (TPSA) is 76.7 Å². The Morgan fingerprint density at radius 3 is 2.17 bits per heavy atom. The van der Waals surface area contributed by atoms with E-state index in [2.05, 4.69) is 10.6 Å². The Balaban J connectivity index is 1.76. The summed E-state index contributed by atoms with van der Waals surface area (Å²) in [7, 11) is 3.07. The second-order valence-electron chi connectivity index (χ2n) is 4.94. The number of benzene rings is 1. The highest BCUT2D eigenvalue weighted by Gasteiger charge is 2.10. The Kier molecular flexibility index (Phi) is 6.62. The molecule has 0 fully saturated rings. The fourth-order valence-electron chi connectivity index (χ4n) is 2.03. The highest BCUT2D eigenvalue weighted by atomic mass is 32.1. The second kappa shape index (κ2) is 8.93. The molecule has 0 unspecified atom stereocenters. The van der Waals surface area contributed by atoms with Gasteiger partial charge in [0.15, 0.2) is 0 Å². The number of nitrogens with one attached hydrogen (secondary N) is 2. The molecular formula is C17H20N2O4S. The summed E-state index contributed by atoms with van der Waals surface area (Å²) in [5.41, 5.74) is 0.467. The first-order chi connectivity index (χ1) is 11.6. The van der Waals surface area contributed by atoms with E-state index in [9.17, 15) is 9.59 Å². The fraction of sp³-hybridized carbons (Fsp3) is 0.294. The van der Waals surface area contributed by atoms with Crippen molar-refractivity contribution in [2.75, 3.05) is 27.3 Å². The van der Waals surface area contributed by atoms with E-state index in [0.29, 0.717) is 41.4 Å². The van der Waals surface area contributed by atoms with Crippen molar-refractivity contribution in [3.63, 3.8) is 0 Å². The van der Waals surface area contributed by atoms with Crippen molar-refractivity contribution in [3.8, 4) is 11.5 Å². The maximum absolute atomic E-state index is 12.2. The van der Waals surface area contributed by atoms with E-state index in [1.165, 1.54) is 25.6 Å². The standard InChI is InChI=1S/C17H20N2O4S/c1-22-13-9-12(10-14(11-13)23-2)16(20)18-6-4-7-19-17(21)15-5-3-8-24-15/h3,5,8-11H,4,6-7H2,1-2H3,(H,18,20)(H,19,21). The molecule has 0 spiro atoms. The number of hydrogen-bond acceptors (Lipinski definition) is 5. The number of amides is 2. The smallest absolute Gasteiger partial charge is 0.261 e. The maximum atomic E-state index is 12.2. The normalized spacial score (nSPS) is 10.1. The van der Waals surface area contributed by atoms with E-state index in [-0.39, 0.29) is 11.8 Å². The molecule has 0 radical (unpaired) electrons. The zero-order chi connectivity index (χ0) is 17.4. The molecule has 1 aromatic heterocycles. The predicted molar refractivity (Wildman–Crippen MR) is 93.1 cm³/mol. The molecule has 0 atom stereocenters. The molecule has 2 rings (SSSR count). The largest absolute Gasteiger partial charge is 0.497 e. The van der Waals surface area contributed by atoms with Crippen LogP contribution in [0.25, 0.3) is 0 Å². The summed E-state index contributed by atoms with van der Waals surface area (Å²) in [5, 5.41) is 7.49. The SMILES string of the molecule is COc1cc(OC)cc(C(=O)NCCCNC(=O)c2cccs2)c1. The number of methoxy groups -OCH3 is 2. The van der Waals surface area contributed by atoms with Crippen LogP contribution in [0.3, 0.4) is 0 Å². The quantitative estimate of drug-likeness (QED) is 0.718. The summed E-state index contributed by atoms with van der Waals surface area (Å²) in [4.78, 5) is 24.6. The van der Waals surface area contributed by atoms with Crippen LogP contribution in [0.2, 0.25) is 0 Å². The lowest BCUT2D eigenvalue weighted by Crippen LogP contribution is -2.29. The molecule has 2 N–H and O–H groups in total. The van der Waals surface area contributed by atoms with Gasteiger partial charge in [-0.2, -0.15) is 0 Å². The van der Waals surface area contributed by atoms with E-state index >= 15 is 0 Å². The second-order valence-corrected chi connectivity index (χ2v) is 5.89. The molecule has 0 aliphatic rings. The van der Waals surface area contributed by atoms with Crippen molar-refractivity contribution in [2.24, 2.45) is 0 Å². The number of carbonyl (C=O) groups excluding carboxylic acids is 2. The first kappa shape index (κ1) is 17.8. The van der Waals surface area contributed by atoms with Gasteiger partial charge in [0.05, 0.1) is 19.1 Å². The Labute approximate surface area is 144 Å². The molecule has 0 bridgehead atoms. The Morgan fingerprint density at radius 1 is 1.00 bits per heavy atom. The van der Waals surface area contributed by atoms with E-state index < -0.39 is 0 Å². The third kappa shape index (κ3) is 4.99. The minimum Gasteiger partial charge on any atom is -0.497 e. The van der Waals surface area contributed by atoms with Gasteiger partial charge in [0.1, 0.15) is 11.5 Å². The molecule has 1 aromatic carbocycles. The van der Waals surface area contributed by atoms with Gasteiger partial charge in [-0.15, -0.1) is 11.3 Å². The van der Waals surface area contributed by atoms with Crippen LogP contribution < -0.4 is 20.1 Å². The minimum absolute atomic E-state index is 0.0890. The Morgan fingerprint density at radius 2 is 1.62 bits per heavy atom. The van der Waals surface area contributed by atoms with Crippen molar-refractivity contribution < 1.29 is 19.1 Å². The number of ether oxygens (including phenoxy) is 2. The van der Waals surface area contributed by atoms with Crippen LogP contribution in [-0.2, 0) is 0 Å². The molecule has 128 valence electrons. The number of rotatable bonds is 8. The van der Waals surface area contributed by atoms with Gasteiger partial charge in [-0.25, -0.2) is 0 Å². The predicted octanol–water partition coefficient (Wildman–Crippen LogP) is 2.32. The minimum atomic E-state index is -0.211. The highest BCUT2D eigenvalue weighted by Crippen LogP contribution is 2.22. The van der Waals surface area contributed by atoms with Crippen molar-refractivity contribution >= 4 is 23.2 Å². The first-order valence-corrected chi connectivity index (χ1v) is 8.35. The summed E-state index contributed by atoms with van der Waals surface area (Å²) in [6.45, 7) is 0.960.